The lowest BCUT2D eigenvalue weighted by molar-refractivity contribution is -0.124. The third-order valence-corrected chi connectivity index (χ3v) is 5.01. The van der Waals surface area contributed by atoms with E-state index >= 15 is 0 Å². The van der Waals surface area contributed by atoms with E-state index in [4.69, 9.17) is 10.5 Å². The van der Waals surface area contributed by atoms with Gasteiger partial charge in [-0.15, -0.1) is 0 Å². The van der Waals surface area contributed by atoms with Crippen LogP contribution in [0.2, 0.25) is 0 Å². The molecule has 1 aliphatic rings. The van der Waals surface area contributed by atoms with Gasteiger partial charge in [0.1, 0.15) is 17.7 Å². The first kappa shape index (κ1) is 22.2. The molecule has 1 atom stereocenters. The van der Waals surface area contributed by atoms with E-state index in [0.717, 1.165) is 6.42 Å². The number of nitrogens with zero attached hydrogens (tertiary/aromatic N) is 2. The molecule has 0 aliphatic carbocycles. The highest BCUT2D eigenvalue weighted by atomic mass is 19.1. The van der Waals surface area contributed by atoms with Crippen LogP contribution < -0.4 is 21.7 Å². The van der Waals surface area contributed by atoms with Gasteiger partial charge in [0.05, 0.1) is 5.56 Å². The molecule has 0 bridgehead atoms. The summed E-state index contributed by atoms with van der Waals surface area (Å²) in [6.45, 7) is 0.827. The quantitative estimate of drug-likeness (QED) is 0.414. The predicted octanol–water partition coefficient (Wildman–Crippen LogP) is 3.19. The number of aromatic nitrogens is 2. The second-order valence-corrected chi connectivity index (χ2v) is 7.50. The van der Waals surface area contributed by atoms with Gasteiger partial charge in [0.25, 0.3) is 11.8 Å². The first-order valence-electron chi connectivity index (χ1n) is 10.4. The number of halogens is 1. The molecule has 0 radical (unpaired) electrons. The molecular weight excluding hydrogens is 427 g/mol. The smallest absolute Gasteiger partial charge is 0.254 e. The minimum atomic E-state index is -0.692. The Hall–Kier alpha value is -4.05. The number of carbonyl (C=O) groups excluding carboxylic acids is 2. The first-order valence-corrected chi connectivity index (χ1v) is 10.4. The van der Waals surface area contributed by atoms with Gasteiger partial charge >= 0.3 is 0 Å². The van der Waals surface area contributed by atoms with Crippen LogP contribution in [0.1, 0.15) is 28.8 Å². The summed E-state index contributed by atoms with van der Waals surface area (Å²) in [5, 5.41) is 8.89. The van der Waals surface area contributed by atoms with Crippen molar-refractivity contribution in [3.8, 4) is 0 Å². The number of ether oxygens (including phenoxy) is 1. The monoisotopic (exact) mass is 450 g/mol. The lowest BCUT2D eigenvalue weighted by atomic mass is 10.2. The van der Waals surface area contributed by atoms with Crippen molar-refractivity contribution in [2.75, 3.05) is 22.6 Å². The predicted molar refractivity (Wildman–Crippen MR) is 122 cm³/mol. The third kappa shape index (κ3) is 5.80. The summed E-state index contributed by atoms with van der Waals surface area (Å²) in [6.07, 6.45) is 2.45. The summed E-state index contributed by atoms with van der Waals surface area (Å²) in [4.78, 5) is 32.6. The highest BCUT2D eigenvalue weighted by Crippen LogP contribution is 2.22. The van der Waals surface area contributed by atoms with Crippen LogP contribution >= 0.6 is 0 Å². The maximum absolute atomic E-state index is 13.4. The maximum Gasteiger partial charge on any atom is 0.254 e. The van der Waals surface area contributed by atoms with E-state index in [-0.39, 0.29) is 35.6 Å². The Morgan fingerprint density at radius 3 is 2.73 bits per heavy atom. The van der Waals surface area contributed by atoms with E-state index in [1.54, 1.807) is 36.4 Å². The molecule has 0 saturated carbocycles. The molecule has 5 N–H and O–H groups in total. The average molecular weight is 450 g/mol. The number of nitrogens with one attached hydrogen (secondary N) is 3. The number of anilines is 4. The van der Waals surface area contributed by atoms with Crippen LogP contribution in [-0.2, 0) is 16.1 Å². The van der Waals surface area contributed by atoms with Crippen LogP contribution in [0.4, 0.5) is 27.5 Å². The fourth-order valence-electron chi connectivity index (χ4n) is 3.40. The number of amides is 2. The van der Waals surface area contributed by atoms with Gasteiger partial charge < -0.3 is 26.4 Å². The summed E-state index contributed by atoms with van der Waals surface area (Å²) in [6, 6.07) is 13.1. The second-order valence-electron chi connectivity index (χ2n) is 7.50. The van der Waals surface area contributed by atoms with Gasteiger partial charge in [-0.25, -0.2) is 9.37 Å². The van der Waals surface area contributed by atoms with E-state index in [0.29, 0.717) is 30.0 Å². The number of hydrogen-bond acceptors (Lipinski definition) is 7. The molecule has 1 aromatic heterocycles. The average Bonchev–Trinajstić information content (AvgIpc) is 3.33. The van der Waals surface area contributed by atoms with Crippen molar-refractivity contribution in [2.45, 2.75) is 25.5 Å². The number of nitrogens with two attached hydrogens (primary N) is 1. The van der Waals surface area contributed by atoms with Crippen molar-refractivity contribution in [2.24, 2.45) is 5.73 Å². The highest BCUT2D eigenvalue weighted by Gasteiger charge is 2.23. The van der Waals surface area contributed by atoms with Crippen molar-refractivity contribution in [1.82, 2.24) is 9.97 Å². The largest absolute Gasteiger partial charge is 0.368 e. The van der Waals surface area contributed by atoms with Crippen molar-refractivity contribution < 1.29 is 18.7 Å². The molecule has 2 heterocycles. The number of rotatable bonds is 8. The van der Waals surface area contributed by atoms with Gasteiger partial charge in [-0.05, 0) is 48.7 Å². The molecule has 0 spiro atoms. The fourth-order valence-corrected chi connectivity index (χ4v) is 3.40. The van der Waals surface area contributed by atoms with Crippen molar-refractivity contribution in [3.63, 3.8) is 0 Å². The van der Waals surface area contributed by atoms with Crippen LogP contribution in [0.25, 0.3) is 0 Å². The molecule has 9 nitrogen and oxygen atoms in total. The Morgan fingerprint density at radius 2 is 1.97 bits per heavy atom. The Morgan fingerprint density at radius 1 is 1.15 bits per heavy atom. The van der Waals surface area contributed by atoms with E-state index in [2.05, 4.69) is 25.9 Å². The number of primary amides is 1. The van der Waals surface area contributed by atoms with Crippen LogP contribution in [0, 0.1) is 5.82 Å². The molecule has 170 valence electrons. The highest BCUT2D eigenvalue weighted by molar-refractivity contribution is 5.97. The van der Waals surface area contributed by atoms with Gasteiger partial charge in [0.2, 0.25) is 5.95 Å². The molecule has 10 heteroatoms. The van der Waals surface area contributed by atoms with E-state index in [9.17, 15) is 14.0 Å². The minimum Gasteiger partial charge on any atom is -0.368 e. The van der Waals surface area contributed by atoms with Crippen molar-refractivity contribution in [1.29, 1.82) is 0 Å². The Labute approximate surface area is 189 Å². The summed E-state index contributed by atoms with van der Waals surface area (Å²) in [5.74, 6) is -0.810. The molecule has 33 heavy (non-hydrogen) atoms. The summed E-state index contributed by atoms with van der Waals surface area (Å²) >= 11 is 0. The topological polar surface area (TPSA) is 131 Å². The summed E-state index contributed by atoms with van der Waals surface area (Å²) in [7, 11) is 0. The van der Waals surface area contributed by atoms with Gasteiger partial charge in [-0.2, -0.15) is 4.98 Å². The third-order valence-electron chi connectivity index (χ3n) is 5.01. The molecule has 1 saturated heterocycles. The minimum absolute atomic E-state index is 0.106. The fraction of sp³-hybridized carbons (Fsp3) is 0.217. The summed E-state index contributed by atoms with van der Waals surface area (Å²) in [5.41, 5.74) is 7.44. The number of carbonyl (C=O) groups is 2. The van der Waals surface area contributed by atoms with Crippen LogP contribution in [0.15, 0.2) is 54.7 Å². The Bertz CT molecular complexity index is 1170. The number of benzene rings is 2. The van der Waals surface area contributed by atoms with Gasteiger partial charge in [0, 0.05) is 30.7 Å². The normalized spacial score (nSPS) is 15.1. The molecule has 4 rings (SSSR count). The standard InChI is InChI=1S/C23H23FN6O3/c24-15-5-1-4-14(10-15)12-26-21-18(20(25)31)13-27-23(30-21)29-17-7-2-6-16(11-17)28-22(32)19-8-3-9-33-19/h1-2,4-7,10-11,13,19H,3,8-9,12H2,(H2,25,31)(H,28,32)(H2,26,27,29,30)/t19-/m0/s1. The Balaban J connectivity index is 1.48. The molecule has 2 amide bonds. The Kier molecular flexibility index (Phi) is 6.75. The van der Waals surface area contributed by atoms with E-state index in [1.165, 1.54) is 18.3 Å². The van der Waals surface area contributed by atoms with Crippen molar-refractivity contribution in [3.05, 3.63) is 71.7 Å². The number of hydrogen-bond donors (Lipinski definition) is 4. The van der Waals surface area contributed by atoms with E-state index in [1.807, 2.05) is 0 Å². The van der Waals surface area contributed by atoms with Crippen LogP contribution in [-0.4, -0.2) is 34.5 Å². The lowest BCUT2D eigenvalue weighted by Crippen LogP contribution is -2.26. The maximum atomic E-state index is 13.4. The van der Waals surface area contributed by atoms with Crippen LogP contribution in [0.3, 0.4) is 0 Å². The lowest BCUT2D eigenvalue weighted by Gasteiger charge is -2.13. The summed E-state index contributed by atoms with van der Waals surface area (Å²) < 4.78 is 18.8. The van der Waals surface area contributed by atoms with Crippen LogP contribution in [0.5, 0.6) is 0 Å². The molecule has 1 aliphatic heterocycles. The molecule has 3 aromatic rings. The van der Waals surface area contributed by atoms with Gasteiger partial charge in [-0.3, -0.25) is 9.59 Å². The zero-order valence-electron chi connectivity index (χ0n) is 17.7. The zero-order valence-corrected chi connectivity index (χ0v) is 17.7. The molecule has 1 fully saturated rings. The van der Waals surface area contributed by atoms with Crippen molar-refractivity contribution >= 4 is 35.0 Å². The first-order chi connectivity index (χ1) is 16.0. The molecule has 2 aromatic carbocycles. The molecule has 0 unspecified atom stereocenters. The zero-order chi connectivity index (χ0) is 23.2. The van der Waals surface area contributed by atoms with Gasteiger partial charge in [-0.1, -0.05) is 18.2 Å². The second kappa shape index (κ2) is 10.0. The SMILES string of the molecule is NC(=O)c1cnc(Nc2cccc(NC(=O)[C@@H]3CCCO3)c2)nc1NCc1cccc(F)c1. The van der Waals surface area contributed by atoms with Gasteiger partial charge in [0.15, 0.2) is 0 Å². The van der Waals surface area contributed by atoms with E-state index < -0.39 is 12.0 Å². The molecular formula is C23H23FN6O3.